The molecule has 0 radical (unpaired) electrons. The Kier molecular flexibility index (Phi) is 4.27. The van der Waals surface area contributed by atoms with Gasteiger partial charge in [-0.15, -0.1) is 0 Å². The van der Waals surface area contributed by atoms with E-state index in [9.17, 15) is 10.0 Å². The van der Waals surface area contributed by atoms with E-state index < -0.39 is 16.8 Å². The van der Waals surface area contributed by atoms with Gasteiger partial charge in [0.2, 0.25) is 5.76 Å². The van der Waals surface area contributed by atoms with Crippen LogP contribution in [-0.2, 0) is 4.74 Å². The van der Waals surface area contributed by atoms with E-state index in [0.717, 1.165) is 3.79 Å². The maximum atomic E-state index is 13.1. The van der Waals surface area contributed by atoms with Crippen LogP contribution in [-0.4, -0.2) is 42.3 Å². The first-order chi connectivity index (χ1) is 10.4. The summed E-state index contributed by atoms with van der Waals surface area (Å²) < 4.78 is 10.2. The van der Waals surface area contributed by atoms with E-state index in [4.69, 9.17) is 20.8 Å². The van der Waals surface area contributed by atoms with Gasteiger partial charge in [0.1, 0.15) is 6.67 Å². The zero-order chi connectivity index (χ0) is 15.9. The molecule has 22 heavy (non-hydrogen) atoms. The first kappa shape index (κ1) is 15.9. The maximum absolute atomic E-state index is 13.1. The molecule has 0 saturated carbocycles. The van der Waals surface area contributed by atoms with Crippen LogP contribution in [0.2, 0.25) is 5.02 Å². The first-order valence-electron chi connectivity index (χ1n) is 6.23. The van der Waals surface area contributed by atoms with Gasteiger partial charge >= 0.3 is 5.97 Å². The predicted molar refractivity (Wildman–Crippen MR) is 85.4 cm³/mol. The van der Waals surface area contributed by atoms with E-state index in [1.807, 2.05) is 0 Å². The highest BCUT2D eigenvalue weighted by Crippen LogP contribution is 2.36. The third kappa shape index (κ3) is 2.80. The smallest absolute Gasteiger partial charge is 0.380 e. The number of carbonyl (C=O) groups excluding carboxylic acids is 1. The van der Waals surface area contributed by atoms with Crippen LogP contribution >= 0.6 is 38.9 Å². The maximum Gasteiger partial charge on any atom is 0.380 e. The monoisotopic (exact) mass is 407 g/mol. The Labute approximate surface area is 143 Å². The summed E-state index contributed by atoms with van der Waals surface area (Å²) in [6.45, 7) is 0.439. The number of hydrogen-bond donors (Lipinski definition) is 0. The highest BCUT2D eigenvalue weighted by molar-refractivity contribution is 9.11. The molecule has 1 fully saturated rings. The molecule has 10 heteroatoms. The van der Waals surface area contributed by atoms with Crippen LogP contribution in [0.3, 0.4) is 0 Å². The van der Waals surface area contributed by atoms with Gasteiger partial charge in [-0.3, -0.25) is 4.65 Å². The minimum atomic E-state index is -0.934. The van der Waals surface area contributed by atoms with Crippen molar-refractivity contribution in [1.82, 2.24) is 14.5 Å². The molecule has 2 unspecified atom stereocenters. The predicted octanol–water partition coefficient (Wildman–Crippen LogP) is 3.04. The van der Waals surface area contributed by atoms with Crippen LogP contribution in [0.1, 0.15) is 10.6 Å². The molecule has 3 heterocycles. The number of ether oxygens (including phenoxy) is 1. The summed E-state index contributed by atoms with van der Waals surface area (Å²) in [7, 11) is 1.78. The van der Waals surface area contributed by atoms with Gasteiger partial charge in [0.05, 0.1) is 27.8 Å². The van der Waals surface area contributed by atoms with Crippen LogP contribution < -0.4 is 4.65 Å². The molecule has 2 atom stereocenters. The SMILES string of the molecule is CN1CC(OC(=O)c2occc2Cl)[N+]([O-])(c2ncc(Br)s2)C1. The number of likely N-dealkylation sites (N-methyl/N-ethyl adjacent to an activating group) is 1. The van der Waals surface area contributed by atoms with E-state index in [1.54, 1.807) is 18.1 Å². The number of furan rings is 1. The van der Waals surface area contributed by atoms with Gasteiger partial charge in [-0.25, -0.2) is 9.69 Å². The molecule has 0 spiro atoms. The number of thiazole rings is 1. The standard InChI is InChI=1S/C12H11BrClN3O4S/c1-16-5-9(21-11(18)10-7(14)2-3-20-10)17(19,6-16)12-15-4-8(13)22-12/h2-4,9H,5-6H2,1H3. The van der Waals surface area contributed by atoms with Crippen LogP contribution in [0.25, 0.3) is 0 Å². The third-order valence-electron chi connectivity index (χ3n) is 3.22. The molecule has 118 valence electrons. The quantitative estimate of drug-likeness (QED) is 0.441. The molecule has 1 aliphatic heterocycles. The molecule has 0 aromatic carbocycles. The second kappa shape index (κ2) is 5.91. The van der Waals surface area contributed by atoms with Crippen LogP contribution in [0.5, 0.6) is 0 Å². The first-order valence-corrected chi connectivity index (χ1v) is 8.22. The van der Waals surface area contributed by atoms with Gasteiger partial charge in [0.15, 0.2) is 0 Å². The largest absolute Gasteiger partial charge is 0.622 e. The summed E-state index contributed by atoms with van der Waals surface area (Å²) in [6.07, 6.45) is 1.91. The Morgan fingerprint density at radius 3 is 3.09 bits per heavy atom. The zero-order valence-electron chi connectivity index (χ0n) is 11.4. The minimum Gasteiger partial charge on any atom is -0.622 e. The molecule has 0 N–H and O–H groups in total. The Hall–Kier alpha value is -0.970. The Bertz CT molecular complexity index is 708. The molecule has 2 aromatic rings. The molecular formula is C12H11BrClN3O4S. The van der Waals surface area contributed by atoms with E-state index in [0.29, 0.717) is 11.7 Å². The van der Waals surface area contributed by atoms with Crippen molar-refractivity contribution in [2.45, 2.75) is 6.23 Å². The molecule has 0 aliphatic carbocycles. The fourth-order valence-corrected chi connectivity index (χ4v) is 3.67. The lowest BCUT2D eigenvalue weighted by Crippen LogP contribution is -2.50. The Morgan fingerprint density at radius 1 is 1.73 bits per heavy atom. The highest BCUT2D eigenvalue weighted by atomic mass is 79.9. The van der Waals surface area contributed by atoms with Crippen LogP contribution in [0, 0.1) is 5.21 Å². The van der Waals surface area contributed by atoms with Gasteiger partial charge < -0.3 is 14.4 Å². The Balaban J connectivity index is 1.85. The summed E-state index contributed by atoms with van der Waals surface area (Å²) in [4.78, 5) is 18.0. The van der Waals surface area contributed by atoms with E-state index in [-0.39, 0.29) is 17.5 Å². The van der Waals surface area contributed by atoms with Crippen molar-refractivity contribution in [2.75, 3.05) is 20.3 Å². The van der Waals surface area contributed by atoms with Crippen molar-refractivity contribution in [3.63, 3.8) is 0 Å². The lowest BCUT2D eigenvalue weighted by molar-refractivity contribution is 0.00259. The topological polar surface area (TPSA) is 78.6 Å². The average Bonchev–Trinajstić information content (AvgIpc) is 3.11. The summed E-state index contributed by atoms with van der Waals surface area (Å²) >= 11 is 10.3. The van der Waals surface area contributed by atoms with Crippen molar-refractivity contribution >= 4 is 50.0 Å². The van der Waals surface area contributed by atoms with E-state index in [1.165, 1.54) is 23.7 Å². The molecule has 3 rings (SSSR count). The molecule has 0 amide bonds. The van der Waals surface area contributed by atoms with Crippen LogP contribution in [0.4, 0.5) is 5.13 Å². The second-order valence-corrected chi connectivity index (χ2v) is 7.68. The molecule has 2 aromatic heterocycles. The number of esters is 1. The zero-order valence-corrected chi connectivity index (χ0v) is 14.5. The second-order valence-electron chi connectivity index (χ2n) is 4.88. The molecule has 1 saturated heterocycles. The van der Waals surface area contributed by atoms with E-state index in [2.05, 4.69) is 20.9 Å². The van der Waals surface area contributed by atoms with E-state index >= 15 is 0 Å². The number of hydroxylamine groups is 2. The third-order valence-corrected chi connectivity index (χ3v) is 5.10. The van der Waals surface area contributed by atoms with Gasteiger partial charge in [-0.05, 0) is 40.4 Å². The number of hydrogen-bond acceptors (Lipinski definition) is 7. The Morgan fingerprint density at radius 2 is 2.50 bits per heavy atom. The van der Waals surface area contributed by atoms with Crippen molar-refractivity contribution < 1.29 is 13.9 Å². The summed E-state index contributed by atoms with van der Waals surface area (Å²) in [6, 6.07) is 1.44. The number of carbonyl (C=O) groups is 1. The van der Waals surface area contributed by atoms with Crippen molar-refractivity contribution in [1.29, 1.82) is 0 Å². The molecular weight excluding hydrogens is 398 g/mol. The summed E-state index contributed by atoms with van der Waals surface area (Å²) in [5, 5.41) is 13.6. The normalized spacial score (nSPS) is 25.5. The van der Waals surface area contributed by atoms with Gasteiger partial charge in [-0.2, -0.15) is 4.98 Å². The van der Waals surface area contributed by atoms with Gasteiger partial charge in [-0.1, -0.05) is 11.6 Å². The highest BCUT2D eigenvalue weighted by Gasteiger charge is 2.45. The molecule has 0 bridgehead atoms. The van der Waals surface area contributed by atoms with Gasteiger partial charge in [0.25, 0.3) is 11.4 Å². The molecule has 7 nitrogen and oxygen atoms in total. The number of quaternary nitrogens is 1. The lowest BCUT2D eigenvalue weighted by atomic mass is 10.4. The summed E-state index contributed by atoms with van der Waals surface area (Å²) in [5.74, 6) is -0.868. The fourth-order valence-electron chi connectivity index (χ4n) is 2.25. The average molecular weight is 409 g/mol. The number of halogens is 2. The van der Waals surface area contributed by atoms with Crippen molar-refractivity contribution in [3.05, 3.63) is 38.3 Å². The number of rotatable bonds is 3. The van der Waals surface area contributed by atoms with Gasteiger partial charge in [0, 0.05) is 0 Å². The molecule has 1 aliphatic rings. The minimum absolute atomic E-state index is 0.108. The fraction of sp³-hybridized carbons (Fsp3) is 0.333. The summed E-state index contributed by atoms with van der Waals surface area (Å²) in [5.41, 5.74) is 0. The van der Waals surface area contributed by atoms with Crippen molar-refractivity contribution in [2.24, 2.45) is 0 Å². The lowest BCUT2D eigenvalue weighted by Gasteiger charge is -2.38. The number of nitrogens with zero attached hydrogens (tertiary/aromatic N) is 3. The number of aromatic nitrogens is 1. The van der Waals surface area contributed by atoms with Crippen molar-refractivity contribution in [3.8, 4) is 0 Å². The van der Waals surface area contributed by atoms with Crippen LogP contribution in [0.15, 0.2) is 26.7 Å².